The molecule has 0 bridgehead atoms. The maximum Gasteiger partial charge on any atom is 0.127 e. The smallest absolute Gasteiger partial charge is 0.127 e. The van der Waals surface area contributed by atoms with Crippen LogP contribution in [0.25, 0.3) is 0 Å². The van der Waals surface area contributed by atoms with Crippen molar-refractivity contribution in [2.45, 2.75) is 11.8 Å². The molecule has 0 aliphatic carbocycles. The molecule has 0 radical (unpaired) electrons. The molecule has 0 fully saturated rings. The van der Waals surface area contributed by atoms with Crippen LogP contribution in [0.4, 0.5) is 8.78 Å². The van der Waals surface area contributed by atoms with Crippen LogP contribution in [-0.4, -0.2) is 0 Å². The summed E-state index contributed by atoms with van der Waals surface area (Å²) >= 11 is 15.5. The maximum atomic E-state index is 13.4. The summed E-state index contributed by atoms with van der Waals surface area (Å²) in [6, 6.07) is 7.04. The summed E-state index contributed by atoms with van der Waals surface area (Å²) < 4.78 is 26.4. The van der Waals surface area contributed by atoms with E-state index in [2.05, 4.69) is 15.9 Å². The van der Waals surface area contributed by atoms with E-state index in [-0.39, 0.29) is 10.6 Å². The molecule has 2 aromatic rings. The molecule has 0 aliphatic heterocycles. The minimum absolute atomic E-state index is 0.292. The molecule has 0 saturated carbocycles. The van der Waals surface area contributed by atoms with Gasteiger partial charge in [-0.05, 0) is 41.8 Å². The number of aryl methyl sites for hydroxylation is 1. The lowest BCUT2D eigenvalue weighted by Gasteiger charge is -2.15. The van der Waals surface area contributed by atoms with Gasteiger partial charge in [-0.1, -0.05) is 51.3 Å². The predicted molar refractivity (Wildman–Crippen MR) is 78.3 cm³/mol. The fourth-order valence-electron chi connectivity index (χ4n) is 1.75. The SMILES string of the molecule is Cc1cc(C(Br)c2ccc(F)cc2Cl)c(Cl)cc1F. The van der Waals surface area contributed by atoms with E-state index in [1.165, 1.54) is 18.2 Å². The van der Waals surface area contributed by atoms with Crippen molar-refractivity contribution >= 4 is 39.1 Å². The zero-order valence-corrected chi connectivity index (χ0v) is 13.0. The number of alkyl halides is 1. The van der Waals surface area contributed by atoms with Gasteiger partial charge in [0, 0.05) is 10.0 Å². The molecular weight excluding hydrogens is 357 g/mol. The minimum atomic E-state index is -0.408. The Labute approximate surface area is 128 Å². The molecule has 0 N–H and O–H groups in total. The molecule has 2 aromatic carbocycles. The topological polar surface area (TPSA) is 0 Å². The standard InChI is InChI=1S/C14H9BrCl2F2/c1-7-4-10(12(17)6-13(7)19)14(15)9-3-2-8(18)5-11(9)16/h2-6,14H,1H3. The van der Waals surface area contributed by atoms with E-state index in [9.17, 15) is 8.78 Å². The lowest BCUT2D eigenvalue weighted by atomic mass is 10.0. The molecule has 1 atom stereocenters. The summed E-state index contributed by atoms with van der Waals surface area (Å²) in [6.45, 7) is 1.65. The third kappa shape index (κ3) is 3.10. The van der Waals surface area contributed by atoms with Crippen LogP contribution in [0, 0.1) is 18.6 Å². The largest absolute Gasteiger partial charge is 0.207 e. The maximum absolute atomic E-state index is 13.4. The van der Waals surface area contributed by atoms with E-state index < -0.39 is 5.82 Å². The van der Waals surface area contributed by atoms with Gasteiger partial charge in [0.15, 0.2) is 0 Å². The Balaban J connectivity index is 2.49. The van der Waals surface area contributed by atoms with E-state index in [1.807, 2.05) is 0 Å². The van der Waals surface area contributed by atoms with Crippen molar-refractivity contribution in [2.24, 2.45) is 0 Å². The van der Waals surface area contributed by atoms with Crippen LogP contribution in [0.3, 0.4) is 0 Å². The van der Waals surface area contributed by atoms with Gasteiger partial charge >= 0.3 is 0 Å². The summed E-state index contributed by atoms with van der Waals surface area (Å²) in [5, 5.41) is 0.588. The van der Waals surface area contributed by atoms with Crippen molar-refractivity contribution in [3.8, 4) is 0 Å². The summed E-state index contributed by atoms with van der Waals surface area (Å²) in [5.41, 5.74) is 1.85. The van der Waals surface area contributed by atoms with E-state index >= 15 is 0 Å². The molecule has 0 aliphatic rings. The Morgan fingerprint density at radius 3 is 2.26 bits per heavy atom. The molecule has 0 spiro atoms. The van der Waals surface area contributed by atoms with Crippen molar-refractivity contribution < 1.29 is 8.78 Å². The van der Waals surface area contributed by atoms with E-state index in [1.54, 1.807) is 19.1 Å². The zero-order valence-electron chi connectivity index (χ0n) is 9.85. The summed E-state index contributed by atoms with van der Waals surface area (Å²) in [5.74, 6) is -0.770. The fourth-order valence-corrected chi connectivity index (χ4v) is 3.33. The van der Waals surface area contributed by atoms with Crippen LogP contribution in [0.1, 0.15) is 21.5 Å². The summed E-state index contributed by atoms with van der Waals surface area (Å²) in [4.78, 5) is -0.326. The van der Waals surface area contributed by atoms with Crippen LogP contribution in [0.2, 0.25) is 10.0 Å². The van der Waals surface area contributed by atoms with Gasteiger partial charge in [-0.3, -0.25) is 0 Å². The van der Waals surface area contributed by atoms with Crippen molar-refractivity contribution in [1.82, 2.24) is 0 Å². The fraction of sp³-hybridized carbons (Fsp3) is 0.143. The lowest BCUT2D eigenvalue weighted by Crippen LogP contribution is -1.98. The first-order chi connectivity index (χ1) is 8.90. The van der Waals surface area contributed by atoms with Gasteiger partial charge in [0.2, 0.25) is 0 Å². The highest BCUT2D eigenvalue weighted by atomic mass is 79.9. The average molecular weight is 366 g/mol. The van der Waals surface area contributed by atoms with Crippen molar-refractivity contribution in [2.75, 3.05) is 0 Å². The second kappa shape index (κ2) is 5.78. The minimum Gasteiger partial charge on any atom is -0.207 e. The normalized spacial score (nSPS) is 12.5. The van der Waals surface area contributed by atoms with Gasteiger partial charge < -0.3 is 0 Å². The highest BCUT2D eigenvalue weighted by Gasteiger charge is 2.18. The highest BCUT2D eigenvalue weighted by molar-refractivity contribution is 9.09. The zero-order chi connectivity index (χ0) is 14.2. The van der Waals surface area contributed by atoms with Crippen LogP contribution >= 0.6 is 39.1 Å². The Kier molecular flexibility index (Phi) is 4.49. The van der Waals surface area contributed by atoms with Gasteiger partial charge in [-0.15, -0.1) is 0 Å². The first kappa shape index (κ1) is 14.8. The summed E-state index contributed by atoms with van der Waals surface area (Å²) in [6.07, 6.45) is 0. The number of halogens is 5. The van der Waals surface area contributed by atoms with Crippen LogP contribution in [0.15, 0.2) is 30.3 Å². The molecule has 100 valence electrons. The predicted octanol–water partition coefficient (Wildman–Crippen LogP) is 6.06. The van der Waals surface area contributed by atoms with Gasteiger partial charge in [0.25, 0.3) is 0 Å². The molecule has 0 amide bonds. The molecule has 0 aromatic heterocycles. The Morgan fingerprint density at radius 1 is 1.00 bits per heavy atom. The number of rotatable bonds is 2. The Bertz CT molecular complexity index is 629. The number of hydrogen-bond acceptors (Lipinski definition) is 0. The average Bonchev–Trinajstić information content (AvgIpc) is 2.33. The van der Waals surface area contributed by atoms with E-state index in [0.717, 1.165) is 0 Å². The summed E-state index contributed by atoms with van der Waals surface area (Å²) in [7, 11) is 0. The van der Waals surface area contributed by atoms with Crippen LogP contribution in [-0.2, 0) is 0 Å². The van der Waals surface area contributed by atoms with Gasteiger partial charge in [-0.2, -0.15) is 0 Å². The molecule has 19 heavy (non-hydrogen) atoms. The van der Waals surface area contributed by atoms with Gasteiger partial charge in [0.1, 0.15) is 11.6 Å². The van der Waals surface area contributed by atoms with Crippen molar-refractivity contribution in [3.63, 3.8) is 0 Å². The number of benzene rings is 2. The molecular formula is C14H9BrCl2F2. The molecule has 0 nitrogen and oxygen atoms in total. The van der Waals surface area contributed by atoms with Crippen molar-refractivity contribution in [1.29, 1.82) is 0 Å². The second-order valence-corrected chi connectivity index (χ2v) is 5.88. The van der Waals surface area contributed by atoms with E-state index in [0.29, 0.717) is 26.7 Å². The Morgan fingerprint density at radius 2 is 1.63 bits per heavy atom. The third-order valence-electron chi connectivity index (χ3n) is 2.79. The lowest BCUT2D eigenvalue weighted by molar-refractivity contribution is 0.618. The van der Waals surface area contributed by atoms with Gasteiger partial charge in [0.05, 0.1) is 4.83 Å². The molecule has 5 heteroatoms. The first-order valence-electron chi connectivity index (χ1n) is 5.44. The highest BCUT2D eigenvalue weighted by Crippen LogP contribution is 2.39. The molecule has 0 saturated heterocycles. The van der Waals surface area contributed by atoms with E-state index in [4.69, 9.17) is 23.2 Å². The quantitative estimate of drug-likeness (QED) is 0.567. The van der Waals surface area contributed by atoms with Crippen LogP contribution in [0.5, 0.6) is 0 Å². The third-order valence-corrected chi connectivity index (χ3v) is 4.43. The van der Waals surface area contributed by atoms with Crippen LogP contribution < -0.4 is 0 Å². The molecule has 0 heterocycles. The molecule has 1 unspecified atom stereocenters. The molecule has 2 rings (SSSR count). The Hall–Kier alpha value is -0.640. The first-order valence-corrected chi connectivity index (χ1v) is 7.12. The monoisotopic (exact) mass is 364 g/mol. The van der Waals surface area contributed by atoms with Gasteiger partial charge in [-0.25, -0.2) is 8.78 Å². The second-order valence-electron chi connectivity index (χ2n) is 4.15. The number of hydrogen-bond donors (Lipinski definition) is 0. The van der Waals surface area contributed by atoms with Crippen molar-refractivity contribution in [3.05, 3.63) is 68.7 Å².